The van der Waals surface area contributed by atoms with Crippen molar-refractivity contribution in [2.75, 3.05) is 14.2 Å². The van der Waals surface area contributed by atoms with E-state index in [1.54, 1.807) is 25.6 Å². The molecule has 4 aromatic rings. The molecule has 0 bridgehead atoms. The molecule has 0 saturated heterocycles. The maximum atomic E-state index is 13.1. The number of nitrogens with one attached hydrogen (secondary N) is 1. The number of rotatable bonds is 7. The third-order valence-corrected chi connectivity index (χ3v) is 6.92. The maximum Gasteiger partial charge on any atom is 0.268 e. The van der Waals surface area contributed by atoms with Gasteiger partial charge in [0.2, 0.25) is 0 Å². The summed E-state index contributed by atoms with van der Waals surface area (Å²) < 4.78 is 14.9. The van der Waals surface area contributed by atoms with Gasteiger partial charge in [-0.05, 0) is 52.2 Å². The van der Waals surface area contributed by atoms with Crippen molar-refractivity contribution in [2.24, 2.45) is 0 Å². The number of hydrogen-bond donors (Lipinski definition) is 1. The van der Waals surface area contributed by atoms with Gasteiger partial charge >= 0.3 is 0 Å². The summed E-state index contributed by atoms with van der Waals surface area (Å²) in [6.45, 7) is 3.04. The topological polar surface area (TPSA) is 52.5 Å². The molecule has 5 nitrogen and oxygen atoms in total. The Kier molecular flexibility index (Phi) is 6.34. The van der Waals surface area contributed by atoms with Crippen molar-refractivity contribution in [1.29, 1.82) is 0 Å². The van der Waals surface area contributed by atoms with Gasteiger partial charge < -0.3 is 19.4 Å². The molecular formula is C24H23BrN2O3S. The van der Waals surface area contributed by atoms with Crippen LogP contribution >= 0.6 is 27.3 Å². The van der Waals surface area contributed by atoms with Crippen LogP contribution in [0.15, 0.2) is 58.4 Å². The molecule has 0 saturated carbocycles. The largest absolute Gasteiger partial charge is 0.497 e. The summed E-state index contributed by atoms with van der Waals surface area (Å²) >= 11 is 5.25. The minimum Gasteiger partial charge on any atom is -0.497 e. The maximum absolute atomic E-state index is 13.1. The summed E-state index contributed by atoms with van der Waals surface area (Å²) in [6, 6.07) is 15.9. The van der Waals surface area contributed by atoms with Crippen molar-refractivity contribution in [2.45, 2.75) is 20.0 Å². The Morgan fingerprint density at radius 1 is 1.06 bits per heavy atom. The predicted octanol–water partition coefficient (Wildman–Crippen LogP) is 5.77. The normalized spacial score (nSPS) is 11.0. The summed E-state index contributed by atoms with van der Waals surface area (Å²) in [5, 5.41) is 5.11. The summed E-state index contributed by atoms with van der Waals surface area (Å²) in [5.74, 6) is 1.33. The molecule has 4 rings (SSSR count). The number of carbonyl (C=O) groups is 1. The lowest BCUT2D eigenvalue weighted by atomic mass is 10.1. The average Bonchev–Trinajstić information content (AvgIpc) is 3.31. The van der Waals surface area contributed by atoms with E-state index in [2.05, 4.69) is 27.3 Å². The van der Waals surface area contributed by atoms with E-state index in [1.807, 2.05) is 59.3 Å². The average molecular weight is 499 g/mol. The zero-order chi connectivity index (χ0) is 22.0. The molecule has 2 aromatic heterocycles. The number of aromatic nitrogens is 1. The molecule has 0 fully saturated rings. The van der Waals surface area contributed by atoms with Crippen LogP contribution in [-0.2, 0) is 13.1 Å². The summed E-state index contributed by atoms with van der Waals surface area (Å²) in [6.07, 6.45) is 0. The zero-order valence-electron chi connectivity index (χ0n) is 17.6. The fraction of sp³-hybridized carbons (Fsp3) is 0.208. The molecule has 0 unspecified atom stereocenters. The van der Waals surface area contributed by atoms with Crippen LogP contribution in [0.25, 0.3) is 10.2 Å². The predicted molar refractivity (Wildman–Crippen MR) is 129 cm³/mol. The number of carbonyl (C=O) groups excluding carboxylic acids is 1. The quantitative estimate of drug-likeness (QED) is 0.351. The molecule has 1 N–H and O–H groups in total. The number of amides is 1. The van der Waals surface area contributed by atoms with Crippen LogP contribution in [0.4, 0.5) is 0 Å². The Morgan fingerprint density at radius 2 is 1.81 bits per heavy atom. The van der Waals surface area contributed by atoms with E-state index >= 15 is 0 Å². The van der Waals surface area contributed by atoms with E-state index in [1.165, 1.54) is 5.56 Å². The van der Waals surface area contributed by atoms with Crippen LogP contribution in [0, 0.1) is 6.92 Å². The zero-order valence-corrected chi connectivity index (χ0v) is 20.0. The van der Waals surface area contributed by atoms with Gasteiger partial charge in [0.05, 0.1) is 28.9 Å². The highest BCUT2D eigenvalue weighted by molar-refractivity contribution is 9.10. The van der Waals surface area contributed by atoms with Crippen LogP contribution in [0.2, 0.25) is 0 Å². The van der Waals surface area contributed by atoms with Gasteiger partial charge in [0.15, 0.2) is 0 Å². The van der Waals surface area contributed by atoms with Crippen molar-refractivity contribution >= 4 is 43.4 Å². The SMILES string of the molecule is COc1cc(Cn2c(C(=O)NCc3cccc(C)c3)cc3scc(Br)c32)cc(OC)c1. The first-order valence-corrected chi connectivity index (χ1v) is 11.5. The van der Waals surface area contributed by atoms with E-state index in [9.17, 15) is 4.79 Å². The van der Waals surface area contributed by atoms with E-state index < -0.39 is 0 Å². The number of halogens is 1. The lowest BCUT2D eigenvalue weighted by Crippen LogP contribution is -2.25. The molecule has 2 aromatic carbocycles. The number of fused-ring (bicyclic) bond motifs is 1. The minimum absolute atomic E-state index is 0.105. The lowest BCUT2D eigenvalue weighted by Gasteiger charge is -2.14. The number of benzene rings is 2. The number of aryl methyl sites for hydroxylation is 1. The van der Waals surface area contributed by atoms with Crippen molar-refractivity contribution in [3.63, 3.8) is 0 Å². The van der Waals surface area contributed by atoms with Gasteiger partial charge in [-0.15, -0.1) is 11.3 Å². The second-order valence-electron chi connectivity index (χ2n) is 7.30. The number of nitrogens with zero attached hydrogens (tertiary/aromatic N) is 1. The third kappa shape index (κ3) is 4.62. The van der Waals surface area contributed by atoms with Gasteiger partial charge in [-0.3, -0.25) is 4.79 Å². The molecule has 0 aliphatic heterocycles. The number of ether oxygens (including phenoxy) is 2. The minimum atomic E-state index is -0.105. The Morgan fingerprint density at radius 3 is 2.48 bits per heavy atom. The van der Waals surface area contributed by atoms with Gasteiger partial charge in [0.1, 0.15) is 17.2 Å². The second kappa shape index (κ2) is 9.16. The fourth-order valence-electron chi connectivity index (χ4n) is 3.62. The first kappa shape index (κ1) is 21.5. The van der Waals surface area contributed by atoms with Crippen molar-refractivity contribution < 1.29 is 14.3 Å². The third-order valence-electron chi connectivity index (χ3n) is 5.10. The number of methoxy groups -OCH3 is 2. The van der Waals surface area contributed by atoms with Crippen LogP contribution in [0.5, 0.6) is 11.5 Å². The van der Waals surface area contributed by atoms with Crippen LogP contribution < -0.4 is 14.8 Å². The van der Waals surface area contributed by atoms with Crippen LogP contribution in [0.3, 0.4) is 0 Å². The second-order valence-corrected chi connectivity index (χ2v) is 9.07. The van der Waals surface area contributed by atoms with Gasteiger partial charge in [-0.2, -0.15) is 0 Å². The van der Waals surface area contributed by atoms with Crippen LogP contribution in [0.1, 0.15) is 27.2 Å². The highest BCUT2D eigenvalue weighted by Crippen LogP contribution is 2.34. The first-order chi connectivity index (χ1) is 15.0. The van der Waals surface area contributed by atoms with Crippen molar-refractivity contribution in [3.8, 4) is 11.5 Å². The van der Waals surface area contributed by atoms with Gasteiger partial charge in [-0.25, -0.2) is 0 Å². The van der Waals surface area contributed by atoms with E-state index in [-0.39, 0.29) is 5.91 Å². The molecule has 0 radical (unpaired) electrons. The lowest BCUT2D eigenvalue weighted by molar-refractivity contribution is 0.0942. The summed E-state index contributed by atoms with van der Waals surface area (Å²) in [5.41, 5.74) is 4.86. The molecule has 1 amide bonds. The van der Waals surface area contributed by atoms with Crippen molar-refractivity contribution in [1.82, 2.24) is 9.88 Å². The molecule has 0 atom stereocenters. The first-order valence-electron chi connectivity index (χ1n) is 9.80. The van der Waals surface area contributed by atoms with Gasteiger partial charge in [0, 0.05) is 24.5 Å². The Balaban J connectivity index is 1.67. The molecule has 0 spiro atoms. The number of thiophene rings is 1. The molecule has 160 valence electrons. The van der Waals surface area contributed by atoms with E-state index in [0.717, 1.165) is 25.8 Å². The Bertz CT molecular complexity index is 1220. The van der Waals surface area contributed by atoms with Crippen LogP contribution in [-0.4, -0.2) is 24.7 Å². The van der Waals surface area contributed by atoms with E-state index in [0.29, 0.717) is 30.3 Å². The molecule has 7 heteroatoms. The molecule has 2 heterocycles. The molecule has 0 aliphatic rings. The highest BCUT2D eigenvalue weighted by atomic mass is 79.9. The van der Waals surface area contributed by atoms with Crippen molar-refractivity contribution in [3.05, 3.63) is 80.8 Å². The highest BCUT2D eigenvalue weighted by Gasteiger charge is 2.19. The summed E-state index contributed by atoms with van der Waals surface area (Å²) in [7, 11) is 3.26. The summed E-state index contributed by atoms with van der Waals surface area (Å²) in [4.78, 5) is 13.1. The van der Waals surface area contributed by atoms with Gasteiger partial charge in [-0.1, -0.05) is 29.8 Å². The Hall–Kier alpha value is -2.77. The van der Waals surface area contributed by atoms with E-state index in [4.69, 9.17) is 9.47 Å². The van der Waals surface area contributed by atoms with Gasteiger partial charge in [0.25, 0.3) is 5.91 Å². The molecule has 0 aliphatic carbocycles. The smallest absolute Gasteiger partial charge is 0.268 e. The fourth-order valence-corrected chi connectivity index (χ4v) is 5.31. The number of hydrogen-bond acceptors (Lipinski definition) is 4. The molecule has 31 heavy (non-hydrogen) atoms. The standard InChI is InChI=1S/C24H23BrN2O3S/c1-15-5-4-6-16(7-15)12-26-24(28)21-11-22-23(20(25)14-31-22)27(21)13-17-8-18(29-2)10-19(9-17)30-3/h4-11,14H,12-13H2,1-3H3,(H,26,28). The Labute approximate surface area is 193 Å². The molecular weight excluding hydrogens is 476 g/mol. The monoisotopic (exact) mass is 498 g/mol.